The zero-order valence-electron chi connectivity index (χ0n) is 11.9. The molecule has 21 heavy (non-hydrogen) atoms. The summed E-state index contributed by atoms with van der Waals surface area (Å²) in [5.41, 5.74) is -0.0624. The zero-order chi connectivity index (χ0) is 15.0. The molecule has 0 aliphatic heterocycles. The van der Waals surface area contributed by atoms with Crippen molar-refractivity contribution in [3.63, 3.8) is 0 Å². The van der Waals surface area contributed by atoms with Gasteiger partial charge in [-0.25, -0.2) is 0 Å². The van der Waals surface area contributed by atoms with Crippen molar-refractivity contribution in [3.8, 4) is 0 Å². The van der Waals surface area contributed by atoms with Gasteiger partial charge >= 0.3 is 6.18 Å². The highest BCUT2D eigenvalue weighted by Gasteiger charge is 2.40. The van der Waals surface area contributed by atoms with Crippen LogP contribution in [0.3, 0.4) is 0 Å². The van der Waals surface area contributed by atoms with Gasteiger partial charge in [-0.3, -0.25) is 0 Å². The van der Waals surface area contributed by atoms with Crippen LogP contribution in [0, 0.1) is 17.8 Å². The minimum absolute atomic E-state index is 0.317. The lowest BCUT2D eigenvalue weighted by molar-refractivity contribution is -0.137. The molecular weight excluding hydrogens is 277 g/mol. The fraction of sp³-hybridized carbons (Fsp3) is 0.647. The quantitative estimate of drug-likeness (QED) is 0.871. The number of halogens is 3. The van der Waals surface area contributed by atoms with Gasteiger partial charge in [0.2, 0.25) is 0 Å². The van der Waals surface area contributed by atoms with Crippen molar-refractivity contribution in [2.75, 3.05) is 0 Å². The van der Waals surface area contributed by atoms with Crippen LogP contribution in [-0.4, -0.2) is 11.2 Å². The average molecular weight is 298 g/mol. The summed E-state index contributed by atoms with van der Waals surface area (Å²) in [7, 11) is 0. The second-order valence-electron chi connectivity index (χ2n) is 6.73. The molecule has 2 aliphatic rings. The summed E-state index contributed by atoms with van der Waals surface area (Å²) in [5.74, 6) is 2.15. The van der Waals surface area contributed by atoms with E-state index < -0.39 is 17.8 Å². The summed E-state index contributed by atoms with van der Waals surface area (Å²) in [6.07, 6.45) is 1.29. The molecule has 4 unspecified atom stereocenters. The third-order valence-corrected chi connectivity index (χ3v) is 5.18. The van der Waals surface area contributed by atoms with Gasteiger partial charge in [0.15, 0.2) is 0 Å². The standard InChI is InChI=1S/C17H21F3O/c18-17(19,20)15-3-1-2-11(8-15)9-16(21)10-14-7-12-4-5-13(14)6-12/h1-3,8,12-14,16,21H,4-7,9-10H2. The molecule has 3 rings (SSSR count). The van der Waals surface area contributed by atoms with Gasteiger partial charge < -0.3 is 5.11 Å². The summed E-state index contributed by atoms with van der Waals surface area (Å²) in [6, 6.07) is 5.32. The molecule has 2 aliphatic carbocycles. The van der Waals surface area contributed by atoms with Crippen LogP contribution >= 0.6 is 0 Å². The molecule has 0 amide bonds. The highest BCUT2D eigenvalue weighted by atomic mass is 19.4. The van der Waals surface area contributed by atoms with Crippen LogP contribution in [0.15, 0.2) is 24.3 Å². The van der Waals surface area contributed by atoms with Gasteiger partial charge in [0.25, 0.3) is 0 Å². The molecule has 1 N–H and O–H groups in total. The highest BCUT2D eigenvalue weighted by Crippen LogP contribution is 2.50. The summed E-state index contributed by atoms with van der Waals surface area (Å²) in [4.78, 5) is 0. The lowest BCUT2D eigenvalue weighted by Gasteiger charge is -2.24. The Morgan fingerprint density at radius 3 is 2.62 bits per heavy atom. The van der Waals surface area contributed by atoms with Gasteiger partial charge in [-0.1, -0.05) is 24.6 Å². The number of aliphatic hydroxyl groups excluding tert-OH is 1. The summed E-state index contributed by atoms with van der Waals surface area (Å²) < 4.78 is 38.0. The van der Waals surface area contributed by atoms with Crippen molar-refractivity contribution in [1.29, 1.82) is 0 Å². The van der Waals surface area contributed by atoms with Gasteiger partial charge in [0.1, 0.15) is 0 Å². The van der Waals surface area contributed by atoms with Crippen LogP contribution in [-0.2, 0) is 12.6 Å². The first-order chi connectivity index (χ1) is 9.91. The fourth-order valence-corrected chi connectivity index (χ4v) is 4.24. The zero-order valence-corrected chi connectivity index (χ0v) is 11.9. The predicted octanol–water partition coefficient (Wildman–Crippen LogP) is 4.44. The summed E-state index contributed by atoms with van der Waals surface area (Å²) in [5, 5.41) is 10.2. The molecule has 2 saturated carbocycles. The maximum Gasteiger partial charge on any atom is 0.416 e. The Balaban J connectivity index is 1.58. The van der Waals surface area contributed by atoms with Crippen LogP contribution < -0.4 is 0 Å². The molecule has 0 radical (unpaired) electrons. The molecular formula is C17H21F3O. The van der Waals surface area contributed by atoms with E-state index in [0.717, 1.165) is 30.4 Å². The van der Waals surface area contributed by atoms with E-state index >= 15 is 0 Å². The van der Waals surface area contributed by atoms with E-state index in [1.54, 1.807) is 6.07 Å². The first-order valence-electron chi connectivity index (χ1n) is 7.76. The molecule has 0 aromatic heterocycles. The Hall–Kier alpha value is -1.03. The second kappa shape index (κ2) is 5.64. The maximum absolute atomic E-state index is 12.7. The van der Waals surface area contributed by atoms with Crippen molar-refractivity contribution < 1.29 is 18.3 Å². The van der Waals surface area contributed by atoms with E-state index in [4.69, 9.17) is 0 Å². The third kappa shape index (κ3) is 3.42. The molecule has 0 heterocycles. The van der Waals surface area contributed by atoms with E-state index in [9.17, 15) is 18.3 Å². The predicted molar refractivity (Wildman–Crippen MR) is 74.7 cm³/mol. The number of rotatable bonds is 4. The van der Waals surface area contributed by atoms with E-state index in [2.05, 4.69) is 0 Å². The highest BCUT2D eigenvalue weighted by molar-refractivity contribution is 5.26. The molecule has 0 spiro atoms. The summed E-state index contributed by atoms with van der Waals surface area (Å²) >= 11 is 0. The first kappa shape index (κ1) is 14.9. The monoisotopic (exact) mass is 298 g/mol. The molecule has 116 valence electrons. The molecule has 1 nitrogen and oxygen atoms in total. The number of hydrogen-bond acceptors (Lipinski definition) is 1. The largest absolute Gasteiger partial charge is 0.416 e. The van der Waals surface area contributed by atoms with Crippen LogP contribution in [0.1, 0.15) is 43.2 Å². The lowest BCUT2D eigenvalue weighted by atomic mass is 9.84. The van der Waals surface area contributed by atoms with Gasteiger partial charge in [-0.2, -0.15) is 13.2 Å². The minimum Gasteiger partial charge on any atom is -0.393 e. The van der Waals surface area contributed by atoms with Crippen molar-refractivity contribution in [3.05, 3.63) is 35.4 Å². The second-order valence-corrected chi connectivity index (χ2v) is 6.73. The normalized spacial score (nSPS) is 29.8. The number of alkyl halides is 3. The van der Waals surface area contributed by atoms with Gasteiger partial charge in [-0.15, -0.1) is 0 Å². The molecule has 0 saturated heterocycles. The Morgan fingerprint density at radius 1 is 1.19 bits per heavy atom. The van der Waals surface area contributed by atoms with Crippen molar-refractivity contribution >= 4 is 0 Å². The number of benzene rings is 1. The van der Waals surface area contributed by atoms with Crippen molar-refractivity contribution in [1.82, 2.24) is 0 Å². The van der Waals surface area contributed by atoms with Crippen LogP contribution in [0.4, 0.5) is 13.2 Å². The van der Waals surface area contributed by atoms with E-state index in [-0.39, 0.29) is 0 Å². The Labute approximate surface area is 123 Å². The average Bonchev–Trinajstić information content (AvgIpc) is 3.00. The molecule has 2 bridgehead atoms. The summed E-state index contributed by atoms with van der Waals surface area (Å²) in [6.45, 7) is 0. The topological polar surface area (TPSA) is 20.2 Å². The van der Waals surface area contributed by atoms with Crippen molar-refractivity contribution in [2.24, 2.45) is 17.8 Å². The Kier molecular flexibility index (Phi) is 4.00. The van der Waals surface area contributed by atoms with E-state index in [1.807, 2.05) is 0 Å². The first-order valence-corrected chi connectivity index (χ1v) is 7.76. The van der Waals surface area contributed by atoms with Gasteiger partial charge in [0.05, 0.1) is 11.7 Å². The lowest BCUT2D eigenvalue weighted by Crippen LogP contribution is -2.20. The van der Waals surface area contributed by atoms with Crippen LogP contribution in [0.5, 0.6) is 0 Å². The van der Waals surface area contributed by atoms with Gasteiger partial charge in [-0.05, 0) is 61.5 Å². The van der Waals surface area contributed by atoms with Gasteiger partial charge in [0, 0.05) is 0 Å². The minimum atomic E-state index is -4.31. The molecule has 1 aromatic carbocycles. The number of hydrogen-bond donors (Lipinski definition) is 1. The SMILES string of the molecule is OC(Cc1cccc(C(F)(F)F)c1)CC1CC2CCC1C2. The molecule has 4 heteroatoms. The Morgan fingerprint density at radius 2 is 2.00 bits per heavy atom. The van der Waals surface area contributed by atoms with Crippen LogP contribution in [0.2, 0.25) is 0 Å². The Bertz CT molecular complexity index is 497. The van der Waals surface area contributed by atoms with Crippen LogP contribution in [0.25, 0.3) is 0 Å². The maximum atomic E-state index is 12.7. The third-order valence-electron chi connectivity index (χ3n) is 5.18. The molecule has 4 atom stereocenters. The fourth-order valence-electron chi connectivity index (χ4n) is 4.24. The molecule has 2 fully saturated rings. The number of aliphatic hydroxyl groups is 1. The number of fused-ring (bicyclic) bond motifs is 2. The smallest absolute Gasteiger partial charge is 0.393 e. The van der Waals surface area contributed by atoms with Crippen molar-refractivity contribution in [2.45, 2.75) is 50.8 Å². The molecule has 1 aromatic rings. The van der Waals surface area contributed by atoms with E-state index in [0.29, 0.717) is 17.9 Å². The van der Waals surface area contributed by atoms with E-state index in [1.165, 1.54) is 31.7 Å².